The van der Waals surface area contributed by atoms with Crippen molar-refractivity contribution in [3.05, 3.63) is 23.8 Å². The van der Waals surface area contributed by atoms with Crippen molar-refractivity contribution in [2.24, 2.45) is 0 Å². The number of nitrogens with one attached hydrogen (secondary N) is 1. The molecule has 0 saturated carbocycles. The summed E-state index contributed by atoms with van der Waals surface area (Å²) in [4.78, 5) is 16.9. The topological polar surface area (TPSA) is 65.0 Å². The van der Waals surface area contributed by atoms with E-state index in [0.717, 1.165) is 56.3 Å². The first-order valence-corrected chi connectivity index (χ1v) is 8.29. The van der Waals surface area contributed by atoms with Gasteiger partial charge in [0.1, 0.15) is 11.9 Å². The lowest BCUT2D eigenvalue weighted by Crippen LogP contribution is -2.48. The average molecular weight is 319 g/mol. The van der Waals surface area contributed by atoms with E-state index in [1.165, 1.54) is 0 Å². The van der Waals surface area contributed by atoms with Crippen molar-refractivity contribution in [2.75, 3.05) is 57.7 Å². The number of hydrogen-bond donors (Lipinski definition) is 2. The molecule has 0 amide bonds. The van der Waals surface area contributed by atoms with E-state index >= 15 is 0 Å². The van der Waals surface area contributed by atoms with Gasteiger partial charge in [0.15, 0.2) is 5.78 Å². The number of β-amino-alcohol motifs (C(OH)–C–C–N with tert-alkyl or cyclic N) is 1. The lowest BCUT2D eigenvalue weighted by atomic mass is 10.1. The van der Waals surface area contributed by atoms with E-state index < -0.39 is 0 Å². The quantitative estimate of drug-likeness (QED) is 0.778. The van der Waals surface area contributed by atoms with Gasteiger partial charge in [0, 0.05) is 38.3 Å². The van der Waals surface area contributed by atoms with Gasteiger partial charge in [-0.25, -0.2) is 0 Å². The Labute approximate surface area is 137 Å². The Morgan fingerprint density at radius 3 is 2.78 bits per heavy atom. The Morgan fingerprint density at radius 2 is 2.04 bits per heavy atom. The number of Topliss-reactive ketones (excluding diaryl/α,β-unsaturated/α-hetero) is 1. The summed E-state index contributed by atoms with van der Waals surface area (Å²) in [5.74, 6) is 0.960. The Hall–Kier alpha value is -1.63. The molecular weight excluding hydrogens is 294 g/mol. The Balaban J connectivity index is 1.57. The molecule has 3 rings (SSSR count). The number of ether oxygens (including phenoxy) is 1. The zero-order chi connectivity index (χ0) is 16.2. The van der Waals surface area contributed by atoms with Gasteiger partial charge in [-0.3, -0.25) is 14.6 Å². The van der Waals surface area contributed by atoms with Gasteiger partial charge in [0.05, 0.1) is 25.4 Å². The molecule has 1 unspecified atom stereocenters. The Bertz CT molecular complexity index is 556. The maximum absolute atomic E-state index is 12.5. The van der Waals surface area contributed by atoms with E-state index in [0.29, 0.717) is 6.54 Å². The number of hydrogen-bond acceptors (Lipinski definition) is 6. The summed E-state index contributed by atoms with van der Waals surface area (Å²) in [5, 5.41) is 12.3. The van der Waals surface area contributed by atoms with Crippen LogP contribution in [0.5, 0.6) is 5.75 Å². The molecule has 2 N–H and O–H groups in total. The van der Waals surface area contributed by atoms with Gasteiger partial charge in [-0.2, -0.15) is 0 Å². The van der Waals surface area contributed by atoms with E-state index in [2.05, 4.69) is 15.1 Å². The molecule has 2 aliphatic rings. The third-order valence-electron chi connectivity index (χ3n) is 4.46. The molecule has 1 aromatic carbocycles. The number of ketones is 1. The number of nitrogens with zero attached hydrogens (tertiary/aromatic N) is 2. The van der Waals surface area contributed by atoms with E-state index in [-0.39, 0.29) is 18.5 Å². The largest absolute Gasteiger partial charge is 0.487 e. The minimum absolute atomic E-state index is 0.142. The zero-order valence-electron chi connectivity index (χ0n) is 13.6. The minimum atomic E-state index is 0.142. The highest BCUT2D eigenvalue weighted by Crippen LogP contribution is 2.30. The van der Waals surface area contributed by atoms with Gasteiger partial charge in [-0.1, -0.05) is 0 Å². The van der Waals surface area contributed by atoms with Crippen LogP contribution in [-0.2, 0) is 0 Å². The molecule has 0 radical (unpaired) electrons. The minimum Gasteiger partial charge on any atom is -0.487 e. The molecule has 0 aromatic heterocycles. The molecule has 1 saturated heterocycles. The maximum atomic E-state index is 12.5. The molecule has 6 nitrogen and oxygen atoms in total. The number of fused-ring (bicyclic) bond motifs is 1. The van der Waals surface area contributed by atoms with Crippen molar-refractivity contribution >= 4 is 11.5 Å². The number of aliphatic hydroxyl groups is 1. The van der Waals surface area contributed by atoms with Gasteiger partial charge in [-0.15, -0.1) is 0 Å². The summed E-state index contributed by atoms with van der Waals surface area (Å²) in [7, 11) is 0. The molecule has 0 aliphatic carbocycles. The van der Waals surface area contributed by atoms with Crippen LogP contribution in [0.25, 0.3) is 0 Å². The average Bonchev–Trinajstić information content (AvgIpc) is 2.56. The molecule has 6 heteroatoms. The van der Waals surface area contributed by atoms with E-state index in [4.69, 9.17) is 9.84 Å². The fraction of sp³-hybridized carbons (Fsp3) is 0.588. The molecule has 1 aromatic rings. The number of aliphatic hydroxyl groups excluding tert-OH is 1. The molecule has 1 atom stereocenters. The molecule has 2 aliphatic heterocycles. The van der Waals surface area contributed by atoms with E-state index in [9.17, 15) is 4.79 Å². The van der Waals surface area contributed by atoms with Crippen molar-refractivity contribution in [1.82, 2.24) is 9.80 Å². The second-order valence-electron chi connectivity index (χ2n) is 6.28. The van der Waals surface area contributed by atoms with Crippen LogP contribution in [-0.4, -0.2) is 79.2 Å². The molecule has 23 heavy (non-hydrogen) atoms. The van der Waals surface area contributed by atoms with Crippen molar-refractivity contribution in [3.8, 4) is 5.75 Å². The number of carbonyl (C=O) groups is 1. The fourth-order valence-electron chi connectivity index (χ4n) is 3.06. The third-order valence-corrected chi connectivity index (χ3v) is 4.46. The Kier molecular flexibility index (Phi) is 5.15. The van der Waals surface area contributed by atoms with Gasteiger partial charge in [0.25, 0.3) is 0 Å². The number of benzene rings is 1. The predicted molar refractivity (Wildman–Crippen MR) is 89.3 cm³/mol. The van der Waals surface area contributed by atoms with Crippen LogP contribution in [0.1, 0.15) is 17.3 Å². The first-order chi connectivity index (χ1) is 11.2. The van der Waals surface area contributed by atoms with E-state index in [1.807, 2.05) is 25.1 Å². The van der Waals surface area contributed by atoms with E-state index in [1.54, 1.807) is 0 Å². The fourth-order valence-corrected chi connectivity index (χ4v) is 3.06. The van der Waals surface area contributed by atoms with Crippen LogP contribution < -0.4 is 10.1 Å². The third kappa shape index (κ3) is 4.02. The molecule has 1 fully saturated rings. The van der Waals surface area contributed by atoms with Gasteiger partial charge >= 0.3 is 0 Å². The molecule has 0 bridgehead atoms. The highest BCUT2D eigenvalue weighted by molar-refractivity contribution is 5.98. The zero-order valence-corrected chi connectivity index (χ0v) is 13.6. The summed E-state index contributed by atoms with van der Waals surface area (Å²) in [5.41, 5.74) is 1.63. The standard InChI is InChI=1S/C17H25N3O3/c1-13-11-18-15-10-14(2-3-17(15)23-13)16(22)12-20-6-4-19(5-7-20)8-9-21/h2-3,10,13,18,21H,4-9,11-12H2,1H3. The first-order valence-electron chi connectivity index (χ1n) is 8.29. The number of anilines is 1. The van der Waals surface area contributed by atoms with Crippen LogP contribution in [0.2, 0.25) is 0 Å². The SMILES string of the molecule is CC1CNc2cc(C(=O)CN3CCN(CCO)CC3)ccc2O1. The summed E-state index contributed by atoms with van der Waals surface area (Å²) in [6.45, 7) is 7.70. The summed E-state index contributed by atoms with van der Waals surface area (Å²) < 4.78 is 5.74. The summed E-state index contributed by atoms with van der Waals surface area (Å²) in [6, 6.07) is 5.62. The van der Waals surface area contributed by atoms with Crippen LogP contribution in [0, 0.1) is 0 Å². The number of piperazine rings is 1. The van der Waals surface area contributed by atoms with Crippen LogP contribution in [0.15, 0.2) is 18.2 Å². The second-order valence-corrected chi connectivity index (χ2v) is 6.28. The smallest absolute Gasteiger partial charge is 0.176 e. The molecule has 126 valence electrons. The number of carbonyl (C=O) groups excluding carboxylic acids is 1. The summed E-state index contributed by atoms with van der Waals surface area (Å²) in [6.07, 6.45) is 0.152. The van der Waals surface area contributed by atoms with Gasteiger partial charge in [-0.05, 0) is 25.1 Å². The second kappa shape index (κ2) is 7.29. The van der Waals surface area contributed by atoms with Crippen molar-refractivity contribution < 1.29 is 14.6 Å². The van der Waals surface area contributed by atoms with Crippen molar-refractivity contribution in [2.45, 2.75) is 13.0 Å². The maximum Gasteiger partial charge on any atom is 0.176 e. The highest BCUT2D eigenvalue weighted by atomic mass is 16.5. The molecule has 0 spiro atoms. The normalized spacial score (nSPS) is 22.1. The lowest BCUT2D eigenvalue weighted by Gasteiger charge is -2.33. The van der Waals surface area contributed by atoms with Crippen LogP contribution in [0.4, 0.5) is 5.69 Å². The summed E-state index contributed by atoms with van der Waals surface area (Å²) >= 11 is 0. The van der Waals surface area contributed by atoms with Gasteiger partial charge < -0.3 is 15.2 Å². The van der Waals surface area contributed by atoms with Crippen LogP contribution in [0.3, 0.4) is 0 Å². The number of rotatable bonds is 5. The first kappa shape index (κ1) is 16.2. The molecule has 2 heterocycles. The van der Waals surface area contributed by atoms with Crippen molar-refractivity contribution in [1.29, 1.82) is 0 Å². The molecular formula is C17H25N3O3. The lowest BCUT2D eigenvalue weighted by molar-refractivity contribution is 0.0822. The Morgan fingerprint density at radius 1 is 1.30 bits per heavy atom. The van der Waals surface area contributed by atoms with Gasteiger partial charge in [0.2, 0.25) is 0 Å². The monoisotopic (exact) mass is 319 g/mol. The van der Waals surface area contributed by atoms with Crippen molar-refractivity contribution in [3.63, 3.8) is 0 Å². The predicted octanol–water partition coefficient (Wildman–Crippen LogP) is 0.672. The van der Waals surface area contributed by atoms with Crippen LogP contribution >= 0.6 is 0 Å². The highest BCUT2D eigenvalue weighted by Gasteiger charge is 2.21.